The number of aromatic nitrogens is 1. The van der Waals surface area contributed by atoms with Crippen molar-refractivity contribution in [3.8, 4) is 0 Å². The molecule has 3 aromatic rings. The van der Waals surface area contributed by atoms with E-state index in [4.69, 9.17) is 4.42 Å². The van der Waals surface area contributed by atoms with Crippen LogP contribution < -0.4 is 10.6 Å². The number of hydrogen-bond acceptors (Lipinski definition) is 5. The molecule has 1 aromatic carbocycles. The summed E-state index contributed by atoms with van der Waals surface area (Å²) in [6.45, 7) is 1.72. The molecule has 2 aromatic heterocycles. The summed E-state index contributed by atoms with van der Waals surface area (Å²) in [5.74, 6) is -0.216. The molecular weight excluding hydrogens is 346 g/mol. The third-order valence-electron chi connectivity index (χ3n) is 3.81. The maximum absolute atomic E-state index is 12.4. The maximum atomic E-state index is 12.4. The highest BCUT2D eigenvalue weighted by Gasteiger charge is 2.12. The van der Waals surface area contributed by atoms with Gasteiger partial charge >= 0.3 is 0 Å². The maximum Gasteiger partial charge on any atom is 0.274 e. The lowest BCUT2D eigenvalue weighted by Gasteiger charge is -2.07. The molecule has 0 spiro atoms. The highest BCUT2D eigenvalue weighted by atomic mass is 16.3. The molecule has 7 heteroatoms. The van der Waals surface area contributed by atoms with Crippen molar-refractivity contribution < 1.29 is 18.8 Å². The van der Waals surface area contributed by atoms with Crippen molar-refractivity contribution >= 4 is 23.3 Å². The van der Waals surface area contributed by atoms with E-state index in [9.17, 15) is 14.4 Å². The number of carbonyl (C=O) groups excluding carboxylic acids is 3. The number of pyridine rings is 1. The number of nitrogens with one attached hydrogen (secondary N) is 2. The molecule has 0 aliphatic rings. The van der Waals surface area contributed by atoms with Crippen molar-refractivity contribution in [2.45, 2.75) is 13.5 Å². The highest BCUT2D eigenvalue weighted by Crippen LogP contribution is 2.12. The Morgan fingerprint density at radius 1 is 1.00 bits per heavy atom. The quantitative estimate of drug-likeness (QED) is 0.656. The summed E-state index contributed by atoms with van der Waals surface area (Å²) in [5.41, 5.74) is 1.51. The number of hydrogen-bond donors (Lipinski definition) is 2. The Balaban J connectivity index is 1.65. The Labute approximate surface area is 155 Å². The summed E-state index contributed by atoms with van der Waals surface area (Å²) >= 11 is 0. The zero-order valence-corrected chi connectivity index (χ0v) is 14.6. The molecule has 2 heterocycles. The van der Waals surface area contributed by atoms with E-state index < -0.39 is 5.91 Å². The van der Waals surface area contributed by atoms with Gasteiger partial charge in [-0.2, -0.15) is 0 Å². The average Bonchev–Trinajstić information content (AvgIpc) is 3.20. The summed E-state index contributed by atoms with van der Waals surface area (Å²) in [4.78, 5) is 39.9. The number of ketones is 1. The first-order valence-corrected chi connectivity index (χ1v) is 8.22. The molecule has 0 radical (unpaired) electrons. The summed E-state index contributed by atoms with van der Waals surface area (Å²) < 4.78 is 5.16. The van der Waals surface area contributed by atoms with Crippen LogP contribution in [0.2, 0.25) is 0 Å². The van der Waals surface area contributed by atoms with Crippen LogP contribution in [0.4, 0.5) is 5.69 Å². The number of amides is 2. The van der Waals surface area contributed by atoms with Gasteiger partial charge < -0.3 is 15.1 Å². The Morgan fingerprint density at radius 3 is 2.44 bits per heavy atom. The second-order valence-corrected chi connectivity index (χ2v) is 5.78. The minimum Gasteiger partial charge on any atom is -0.467 e. The second-order valence-electron chi connectivity index (χ2n) is 5.78. The average molecular weight is 363 g/mol. The summed E-state index contributed by atoms with van der Waals surface area (Å²) in [6, 6.07) is 13.0. The van der Waals surface area contributed by atoms with Crippen molar-refractivity contribution in [1.82, 2.24) is 10.3 Å². The molecule has 27 heavy (non-hydrogen) atoms. The Bertz CT molecular complexity index is 963. The molecule has 0 unspecified atom stereocenters. The SMILES string of the molecule is CC(=O)c1ccc(NC(=O)c2cc(C(=O)NCc3ccco3)ccn2)cc1. The number of carbonyl (C=O) groups is 3. The van der Waals surface area contributed by atoms with Crippen LogP contribution in [0.15, 0.2) is 65.4 Å². The molecule has 2 N–H and O–H groups in total. The van der Waals surface area contributed by atoms with E-state index in [0.717, 1.165) is 0 Å². The highest BCUT2D eigenvalue weighted by molar-refractivity contribution is 6.05. The fraction of sp³-hybridized carbons (Fsp3) is 0.100. The number of anilines is 1. The van der Waals surface area contributed by atoms with Crippen LogP contribution in [0.25, 0.3) is 0 Å². The summed E-state index contributed by atoms with van der Waals surface area (Å²) in [5, 5.41) is 5.40. The van der Waals surface area contributed by atoms with Crippen molar-refractivity contribution in [1.29, 1.82) is 0 Å². The van der Waals surface area contributed by atoms with Crippen molar-refractivity contribution in [3.63, 3.8) is 0 Å². The third kappa shape index (κ3) is 4.66. The van der Waals surface area contributed by atoms with E-state index >= 15 is 0 Å². The van der Waals surface area contributed by atoms with E-state index in [1.807, 2.05) is 0 Å². The van der Waals surface area contributed by atoms with Crippen LogP contribution in [-0.4, -0.2) is 22.6 Å². The van der Waals surface area contributed by atoms with Crippen molar-refractivity contribution in [2.24, 2.45) is 0 Å². The molecule has 2 amide bonds. The largest absolute Gasteiger partial charge is 0.467 e. The van der Waals surface area contributed by atoms with Crippen LogP contribution in [0, 0.1) is 0 Å². The summed E-state index contributed by atoms with van der Waals surface area (Å²) in [6.07, 6.45) is 2.93. The van der Waals surface area contributed by atoms with Gasteiger partial charge in [-0.1, -0.05) is 0 Å². The lowest BCUT2D eigenvalue weighted by Crippen LogP contribution is -2.23. The molecule has 0 atom stereocenters. The van der Waals surface area contributed by atoms with Gasteiger partial charge in [-0.25, -0.2) is 0 Å². The third-order valence-corrected chi connectivity index (χ3v) is 3.81. The van der Waals surface area contributed by atoms with Crippen molar-refractivity contribution in [3.05, 3.63) is 83.6 Å². The molecule has 0 saturated heterocycles. The minimum atomic E-state index is -0.453. The molecule has 136 valence electrons. The van der Waals surface area contributed by atoms with E-state index in [1.165, 1.54) is 31.5 Å². The van der Waals surface area contributed by atoms with E-state index in [-0.39, 0.29) is 23.9 Å². The van der Waals surface area contributed by atoms with Gasteiger partial charge in [0, 0.05) is 23.0 Å². The monoisotopic (exact) mass is 363 g/mol. The molecule has 0 saturated carbocycles. The standard InChI is InChI=1S/C20H17N3O4/c1-13(24)14-4-6-16(7-5-14)23-20(26)18-11-15(8-9-21-18)19(25)22-12-17-3-2-10-27-17/h2-11H,12H2,1H3,(H,22,25)(H,23,26). The predicted octanol–water partition coefficient (Wildman–Crippen LogP) is 3.06. The first kappa shape index (κ1) is 18.1. The van der Waals surface area contributed by atoms with Crippen LogP contribution >= 0.6 is 0 Å². The Hall–Kier alpha value is -3.74. The topological polar surface area (TPSA) is 101 Å². The number of furan rings is 1. The Morgan fingerprint density at radius 2 is 1.78 bits per heavy atom. The summed E-state index contributed by atoms with van der Waals surface area (Å²) in [7, 11) is 0. The van der Waals surface area contributed by atoms with Gasteiger partial charge in [0.05, 0.1) is 12.8 Å². The van der Waals surface area contributed by atoms with E-state index in [2.05, 4.69) is 15.6 Å². The van der Waals surface area contributed by atoms with Gasteiger partial charge in [0.2, 0.25) is 0 Å². The van der Waals surface area contributed by atoms with Crippen LogP contribution in [-0.2, 0) is 6.54 Å². The van der Waals surface area contributed by atoms with Crippen LogP contribution in [0.1, 0.15) is 43.9 Å². The van der Waals surface area contributed by atoms with Gasteiger partial charge in [0.15, 0.2) is 5.78 Å². The Kier molecular flexibility index (Phi) is 5.41. The molecule has 0 bridgehead atoms. The molecule has 0 aliphatic carbocycles. The van der Waals surface area contributed by atoms with Crippen molar-refractivity contribution in [2.75, 3.05) is 5.32 Å². The molecular formula is C20H17N3O4. The predicted molar refractivity (Wildman–Crippen MR) is 98.5 cm³/mol. The van der Waals surface area contributed by atoms with E-state index in [1.54, 1.807) is 36.4 Å². The fourth-order valence-corrected chi connectivity index (χ4v) is 2.36. The number of benzene rings is 1. The van der Waals surface area contributed by atoms with Gasteiger partial charge in [0.1, 0.15) is 11.5 Å². The molecule has 0 aliphatic heterocycles. The molecule has 3 rings (SSSR count). The minimum absolute atomic E-state index is 0.0530. The first-order valence-electron chi connectivity index (χ1n) is 8.22. The molecule has 7 nitrogen and oxygen atoms in total. The van der Waals surface area contributed by atoms with Crippen LogP contribution in [0.5, 0.6) is 0 Å². The first-order chi connectivity index (χ1) is 13.0. The smallest absolute Gasteiger partial charge is 0.274 e. The lowest BCUT2D eigenvalue weighted by atomic mass is 10.1. The van der Waals surface area contributed by atoms with Crippen LogP contribution in [0.3, 0.4) is 0 Å². The number of Topliss-reactive ketones (excluding diaryl/α,β-unsaturated/α-hetero) is 1. The normalized spacial score (nSPS) is 10.3. The van der Waals surface area contributed by atoms with Gasteiger partial charge in [-0.3, -0.25) is 19.4 Å². The number of nitrogens with zero attached hydrogens (tertiary/aromatic N) is 1. The fourth-order valence-electron chi connectivity index (χ4n) is 2.36. The van der Waals surface area contributed by atoms with E-state index in [0.29, 0.717) is 22.6 Å². The lowest BCUT2D eigenvalue weighted by molar-refractivity contribution is 0.0947. The zero-order valence-electron chi connectivity index (χ0n) is 14.6. The second kappa shape index (κ2) is 8.09. The molecule has 0 fully saturated rings. The van der Waals surface area contributed by atoms with Gasteiger partial charge in [0.25, 0.3) is 11.8 Å². The number of rotatable bonds is 6. The van der Waals surface area contributed by atoms with Gasteiger partial charge in [-0.05, 0) is 55.5 Å². The van der Waals surface area contributed by atoms with Gasteiger partial charge in [-0.15, -0.1) is 0 Å². The zero-order chi connectivity index (χ0) is 19.2.